The predicted octanol–water partition coefficient (Wildman–Crippen LogP) is 10.4. The van der Waals surface area contributed by atoms with E-state index in [2.05, 4.69) is 95.2 Å². The molecule has 0 aromatic heterocycles. The van der Waals surface area contributed by atoms with Crippen LogP contribution in [0.3, 0.4) is 0 Å². The van der Waals surface area contributed by atoms with Crippen LogP contribution in [-0.4, -0.2) is 28.4 Å². The molecule has 0 radical (unpaired) electrons. The lowest BCUT2D eigenvalue weighted by molar-refractivity contribution is 0.406. The number of aryl methyl sites for hydroxylation is 2. The number of benzene rings is 4. The first-order chi connectivity index (χ1) is 20.7. The third kappa shape index (κ3) is 4.83. The lowest BCUT2D eigenvalue weighted by atomic mass is 9.78. The summed E-state index contributed by atoms with van der Waals surface area (Å²) in [6.45, 7) is 26.3. The van der Waals surface area contributed by atoms with Crippen molar-refractivity contribution in [2.45, 2.75) is 83.1 Å². The molecule has 0 amide bonds. The number of methoxy groups -OCH3 is 4. The molecular formula is C40H50O4. The van der Waals surface area contributed by atoms with Crippen LogP contribution >= 0.6 is 0 Å². The maximum absolute atomic E-state index is 6.28. The molecule has 4 aromatic rings. The molecular weight excluding hydrogens is 544 g/mol. The molecule has 234 valence electrons. The standard InChI is InChI=1S/C40H50O4/c1-19-17-31(41-13)21(3)23(5)33(19)35-25(7)27(9)39(43-15)37(29(35)11)38-30(12)36(26(8)28(10)40(38)44-16)34-20(2)18-32(42-14)22(4)24(34)6/h17-18H,1-16H3. The predicted molar refractivity (Wildman–Crippen MR) is 186 cm³/mol. The summed E-state index contributed by atoms with van der Waals surface area (Å²) in [7, 11) is 7.05. The second kappa shape index (κ2) is 12.2. The van der Waals surface area contributed by atoms with Crippen molar-refractivity contribution in [2.75, 3.05) is 28.4 Å². The Morgan fingerprint density at radius 1 is 0.295 bits per heavy atom. The number of hydrogen-bond donors (Lipinski definition) is 0. The highest BCUT2D eigenvalue weighted by Gasteiger charge is 2.30. The van der Waals surface area contributed by atoms with Crippen LogP contribution in [0.5, 0.6) is 23.0 Å². The maximum atomic E-state index is 6.28. The monoisotopic (exact) mass is 594 g/mol. The average molecular weight is 595 g/mol. The van der Waals surface area contributed by atoms with E-state index in [0.717, 1.165) is 56.4 Å². The molecule has 0 N–H and O–H groups in total. The Labute approximate surface area is 265 Å². The summed E-state index contributed by atoms with van der Waals surface area (Å²) >= 11 is 0. The molecule has 4 nitrogen and oxygen atoms in total. The molecule has 0 saturated carbocycles. The Morgan fingerprint density at radius 2 is 0.591 bits per heavy atom. The van der Waals surface area contributed by atoms with Crippen LogP contribution in [0.15, 0.2) is 12.1 Å². The van der Waals surface area contributed by atoms with E-state index in [0.29, 0.717) is 0 Å². The van der Waals surface area contributed by atoms with Crippen LogP contribution in [0.25, 0.3) is 33.4 Å². The molecule has 4 rings (SSSR count). The van der Waals surface area contributed by atoms with Crippen molar-refractivity contribution in [1.29, 1.82) is 0 Å². The summed E-state index contributed by atoms with van der Waals surface area (Å²) in [6, 6.07) is 4.32. The first-order valence-electron chi connectivity index (χ1n) is 15.4. The normalized spacial score (nSPS) is 11.2. The molecule has 0 aliphatic rings. The van der Waals surface area contributed by atoms with Gasteiger partial charge in [-0.25, -0.2) is 0 Å². The van der Waals surface area contributed by atoms with Crippen molar-refractivity contribution < 1.29 is 18.9 Å². The highest BCUT2D eigenvalue weighted by atomic mass is 16.5. The molecule has 0 atom stereocenters. The molecule has 0 aliphatic carbocycles. The molecule has 4 heteroatoms. The van der Waals surface area contributed by atoms with Crippen LogP contribution in [0.1, 0.15) is 66.8 Å². The highest BCUT2D eigenvalue weighted by molar-refractivity contribution is 5.96. The van der Waals surface area contributed by atoms with E-state index >= 15 is 0 Å². The van der Waals surface area contributed by atoms with E-state index in [1.165, 1.54) is 66.8 Å². The average Bonchev–Trinajstić information content (AvgIpc) is 2.99. The highest BCUT2D eigenvalue weighted by Crippen LogP contribution is 2.53. The summed E-state index contributed by atoms with van der Waals surface area (Å²) in [5.74, 6) is 3.61. The van der Waals surface area contributed by atoms with Crippen molar-refractivity contribution in [2.24, 2.45) is 0 Å². The second-order valence-corrected chi connectivity index (χ2v) is 12.4. The quantitative estimate of drug-likeness (QED) is 0.213. The van der Waals surface area contributed by atoms with Gasteiger partial charge in [-0.1, -0.05) is 0 Å². The minimum atomic E-state index is 0.888. The SMILES string of the molecule is COc1cc(C)c(-c2c(C)c(C)c(OC)c(-c3c(C)c(-c4c(C)cc(OC)c(C)c4C)c(C)c(C)c3OC)c2C)c(C)c1C. The Balaban J connectivity index is 2.26. The Morgan fingerprint density at radius 3 is 0.864 bits per heavy atom. The van der Waals surface area contributed by atoms with E-state index in [9.17, 15) is 0 Å². The van der Waals surface area contributed by atoms with E-state index in [1.807, 2.05) is 0 Å². The topological polar surface area (TPSA) is 36.9 Å². The molecule has 0 unspecified atom stereocenters. The second-order valence-electron chi connectivity index (χ2n) is 12.4. The van der Waals surface area contributed by atoms with Gasteiger partial charge in [0.05, 0.1) is 28.4 Å². The van der Waals surface area contributed by atoms with E-state index in [1.54, 1.807) is 28.4 Å². The largest absolute Gasteiger partial charge is 0.496 e. The minimum Gasteiger partial charge on any atom is -0.496 e. The van der Waals surface area contributed by atoms with Gasteiger partial charge in [0.1, 0.15) is 23.0 Å². The smallest absolute Gasteiger partial charge is 0.130 e. The molecule has 0 aliphatic heterocycles. The van der Waals surface area contributed by atoms with Crippen molar-refractivity contribution in [3.05, 3.63) is 78.9 Å². The molecule has 4 aromatic carbocycles. The summed E-state index contributed by atoms with van der Waals surface area (Å²) in [5.41, 5.74) is 21.4. The number of hydrogen-bond acceptors (Lipinski definition) is 4. The first-order valence-corrected chi connectivity index (χ1v) is 15.4. The lowest BCUT2D eigenvalue weighted by Crippen LogP contribution is -2.08. The van der Waals surface area contributed by atoms with Gasteiger partial charge < -0.3 is 18.9 Å². The van der Waals surface area contributed by atoms with Gasteiger partial charge in [0.15, 0.2) is 0 Å². The van der Waals surface area contributed by atoms with Gasteiger partial charge in [-0.2, -0.15) is 0 Å². The van der Waals surface area contributed by atoms with E-state index in [-0.39, 0.29) is 0 Å². The lowest BCUT2D eigenvalue weighted by Gasteiger charge is -2.29. The van der Waals surface area contributed by atoms with Gasteiger partial charge in [-0.05, 0) is 184 Å². The van der Waals surface area contributed by atoms with Crippen LogP contribution in [0.2, 0.25) is 0 Å². The van der Waals surface area contributed by atoms with Crippen molar-refractivity contribution >= 4 is 0 Å². The zero-order valence-corrected chi connectivity index (χ0v) is 29.8. The van der Waals surface area contributed by atoms with Crippen LogP contribution in [-0.2, 0) is 0 Å². The van der Waals surface area contributed by atoms with Gasteiger partial charge in [0, 0.05) is 11.1 Å². The van der Waals surface area contributed by atoms with Gasteiger partial charge in [-0.3, -0.25) is 0 Å². The Kier molecular flexibility index (Phi) is 9.17. The summed E-state index contributed by atoms with van der Waals surface area (Å²) in [4.78, 5) is 0. The van der Waals surface area contributed by atoms with Gasteiger partial charge in [-0.15, -0.1) is 0 Å². The molecule has 0 saturated heterocycles. The molecule has 0 fully saturated rings. The minimum absolute atomic E-state index is 0.888. The van der Waals surface area contributed by atoms with E-state index in [4.69, 9.17) is 18.9 Å². The van der Waals surface area contributed by atoms with Gasteiger partial charge >= 0.3 is 0 Å². The molecule has 0 spiro atoms. The molecule has 44 heavy (non-hydrogen) atoms. The fourth-order valence-corrected chi connectivity index (χ4v) is 7.39. The van der Waals surface area contributed by atoms with Gasteiger partial charge in [0.25, 0.3) is 0 Å². The van der Waals surface area contributed by atoms with Crippen molar-refractivity contribution in [1.82, 2.24) is 0 Å². The molecule has 0 heterocycles. The fourth-order valence-electron chi connectivity index (χ4n) is 7.39. The zero-order valence-electron chi connectivity index (χ0n) is 29.8. The van der Waals surface area contributed by atoms with Crippen molar-refractivity contribution in [3.63, 3.8) is 0 Å². The summed E-state index contributed by atoms with van der Waals surface area (Å²) < 4.78 is 24.0. The first kappa shape index (κ1) is 33.0. The van der Waals surface area contributed by atoms with Gasteiger partial charge in [0.2, 0.25) is 0 Å². The van der Waals surface area contributed by atoms with Crippen LogP contribution in [0.4, 0.5) is 0 Å². The number of rotatable bonds is 7. The van der Waals surface area contributed by atoms with Crippen molar-refractivity contribution in [3.8, 4) is 56.4 Å². The fraction of sp³-hybridized carbons (Fsp3) is 0.400. The summed E-state index contributed by atoms with van der Waals surface area (Å²) in [6.07, 6.45) is 0. The molecule has 0 bridgehead atoms. The number of ether oxygens (including phenoxy) is 4. The van der Waals surface area contributed by atoms with E-state index < -0.39 is 0 Å². The zero-order chi connectivity index (χ0) is 32.9. The maximum Gasteiger partial charge on any atom is 0.130 e. The van der Waals surface area contributed by atoms with Crippen LogP contribution in [0, 0.1) is 83.1 Å². The van der Waals surface area contributed by atoms with Crippen LogP contribution < -0.4 is 18.9 Å². The third-order valence-corrected chi connectivity index (χ3v) is 10.2. The Bertz CT molecular complexity index is 1670. The summed E-state index contributed by atoms with van der Waals surface area (Å²) in [5, 5.41) is 0. The third-order valence-electron chi connectivity index (χ3n) is 10.2. The Hall–Kier alpha value is -3.92.